The van der Waals surface area contributed by atoms with E-state index in [9.17, 15) is 4.79 Å². The summed E-state index contributed by atoms with van der Waals surface area (Å²) in [6, 6.07) is 13.8. The van der Waals surface area contributed by atoms with Gasteiger partial charge in [-0.1, -0.05) is 18.2 Å². The average molecular weight is 342 g/mol. The lowest BCUT2D eigenvalue weighted by atomic mass is 10.1. The number of aryl methyl sites for hydroxylation is 1. The van der Waals surface area contributed by atoms with Gasteiger partial charge in [-0.3, -0.25) is 4.79 Å². The third-order valence-electron chi connectivity index (χ3n) is 3.89. The fourth-order valence-electron chi connectivity index (χ4n) is 2.53. The molecule has 0 aliphatic heterocycles. The summed E-state index contributed by atoms with van der Waals surface area (Å²) in [6.45, 7) is 3.19. The molecule has 5 nitrogen and oxygen atoms in total. The minimum atomic E-state index is 0.0296. The Kier molecular flexibility index (Phi) is 7.14. The molecule has 0 atom stereocenters. The minimum absolute atomic E-state index is 0.0296. The van der Waals surface area contributed by atoms with Crippen LogP contribution in [0.5, 0.6) is 11.5 Å². The van der Waals surface area contributed by atoms with Gasteiger partial charge in [0.25, 0.3) is 0 Å². The fourth-order valence-corrected chi connectivity index (χ4v) is 2.53. The largest absolute Gasteiger partial charge is 0.497 e. The second kappa shape index (κ2) is 9.57. The molecule has 2 aromatic rings. The van der Waals surface area contributed by atoms with Crippen molar-refractivity contribution in [3.8, 4) is 11.5 Å². The van der Waals surface area contributed by atoms with Crippen molar-refractivity contribution in [3.63, 3.8) is 0 Å². The summed E-state index contributed by atoms with van der Waals surface area (Å²) in [5, 5.41) is 6.20. The summed E-state index contributed by atoms with van der Waals surface area (Å²) in [4.78, 5) is 12.0. The summed E-state index contributed by atoms with van der Waals surface area (Å²) in [7, 11) is 3.29. The standard InChI is InChI=1S/C20H26N2O3/c1-15-7-8-19(25-3)18(13-15)21-12-10-20(23)22-11-9-16-5-4-6-17(14-16)24-2/h4-8,13-14,21H,9-12H2,1-3H3,(H,22,23). The average Bonchev–Trinajstić information content (AvgIpc) is 2.62. The van der Waals surface area contributed by atoms with Gasteiger partial charge in [0.05, 0.1) is 19.9 Å². The Hall–Kier alpha value is -2.69. The quantitative estimate of drug-likeness (QED) is 0.735. The molecule has 2 N–H and O–H groups in total. The van der Waals surface area contributed by atoms with Gasteiger partial charge < -0.3 is 20.1 Å². The van der Waals surface area contributed by atoms with Crippen LogP contribution in [-0.4, -0.2) is 33.2 Å². The molecule has 0 spiro atoms. The molecular formula is C20H26N2O3. The molecule has 5 heteroatoms. The van der Waals surface area contributed by atoms with Gasteiger partial charge in [0.1, 0.15) is 11.5 Å². The second-order valence-corrected chi connectivity index (χ2v) is 5.83. The van der Waals surface area contributed by atoms with Crippen molar-refractivity contribution in [1.29, 1.82) is 0 Å². The SMILES string of the molecule is COc1cccc(CCNC(=O)CCNc2cc(C)ccc2OC)c1. The Labute approximate surface area is 149 Å². The lowest BCUT2D eigenvalue weighted by molar-refractivity contribution is -0.120. The van der Waals surface area contributed by atoms with Crippen LogP contribution in [0.3, 0.4) is 0 Å². The van der Waals surface area contributed by atoms with E-state index in [2.05, 4.69) is 10.6 Å². The number of methoxy groups -OCH3 is 2. The van der Waals surface area contributed by atoms with Crippen molar-refractivity contribution in [3.05, 3.63) is 53.6 Å². The van der Waals surface area contributed by atoms with E-state index < -0.39 is 0 Å². The lowest BCUT2D eigenvalue weighted by Gasteiger charge is -2.12. The lowest BCUT2D eigenvalue weighted by Crippen LogP contribution is -2.27. The number of nitrogens with one attached hydrogen (secondary N) is 2. The summed E-state index contributed by atoms with van der Waals surface area (Å²) >= 11 is 0. The maximum absolute atomic E-state index is 12.0. The van der Waals surface area contributed by atoms with Crippen molar-refractivity contribution in [1.82, 2.24) is 5.32 Å². The molecule has 0 aliphatic carbocycles. The molecule has 0 fully saturated rings. The monoisotopic (exact) mass is 342 g/mol. The van der Waals surface area contributed by atoms with Gasteiger partial charge in [-0.25, -0.2) is 0 Å². The first-order valence-electron chi connectivity index (χ1n) is 8.40. The minimum Gasteiger partial charge on any atom is -0.497 e. The fraction of sp³-hybridized carbons (Fsp3) is 0.350. The molecule has 0 saturated heterocycles. The Balaban J connectivity index is 1.71. The van der Waals surface area contributed by atoms with E-state index in [1.54, 1.807) is 14.2 Å². The third-order valence-corrected chi connectivity index (χ3v) is 3.89. The molecule has 1 amide bonds. The Morgan fingerprint density at radius 3 is 2.64 bits per heavy atom. The predicted octanol–water partition coefficient (Wildman–Crippen LogP) is 3.17. The topological polar surface area (TPSA) is 59.6 Å². The van der Waals surface area contributed by atoms with E-state index in [1.165, 1.54) is 0 Å². The van der Waals surface area contributed by atoms with E-state index in [4.69, 9.17) is 9.47 Å². The van der Waals surface area contributed by atoms with Crippen LogP contribution in [0, 0.1) is 6.92 Å². The number of carbonyl (C=O) groups is 1. The number of carbonyl (C=O) groups excluding carboxylic acids is 1. The van der Waals surface area contributed by atoms with Crippen LogP contribution in [0.15, 0.2) is 42.5 Å². The van der Waals surface area contributed by atoms with Crippen LogP contribution in [0.1, 0.15) is 17.5 Å². The van der Waals surface area contributed by atoms with E-state index in [0.29, 0.717) is 19.5 Å². The summed E-state index contributed by atoms with van der Waals surface area (Å²) in [6.07, 6.45) is 1.19. The number of anilines is 1. The first-order chi connectivity index (χ1) is 12.1. The molecule has 0 saturated carbocycles. The van der Waals surface area contributed by atoms with Crippen molar-refractivity contribution in [2.45, 2.75) is 19.8 Å². The summed E-state index contributed by atoms with van der Waals surface area (Å²) in [5.41, 5.74) is 3.19. The Morgan fingerprint density at radius 1 is 1.04 bits per heavy atom. The third kappa shape index (κ3) is 6.03. The molecule has 0 heterocycles. The number of ether oxygens (including phenoxy) is 2. The number of amides is 1. The van der Waals surface area contributed by atoms with E-state index >= 15 is 0 Å². The highest BCUT2D eigenvalue weighted by molar-refractivity contribution is 5.76. The van der Waals surface area contributed by atoms with Crippen LogP contribution in [0.2, 0.25) is 0 Å². The van der Waals surface area contributed by atoms with E-state index in [1.807, 2.05) is 49.4 Å². The van der Waals surface area contributed by atoms with E-state index in [0.717, 1.165) is 34.7 Å². The molecular weight excluding hydrogens is 316 g/mol. The van der Waals surface area contributed by atoms with Gasteiger partial charge >= 0.3 is 0 Å². The van der Waals surface area contributed by atoms with Gasteiger partial charge in [-0.15, -0.1) is 0 Å². The molecule has 0 bridgehead atoms. The van der Waals surface area contributed by atoms with Crippen LogP contribution >= 0.6 is 0 Å². The normalized spacial score (nSPS) is 10.2. The molecule has 0 aromatic heterocycles. The zero-order chi connectivity index (χ0) is 18.1. The van der Waals surface area contributed by atoms with Crippen LogP contribution < -0.4 is 20.1 Å². The second-order valence-electron chi connectivity index (χ2n) is 5.83. The van der Waals surface area contributed by atoms with Crippen molar-refractivity contribution in [2.24, 2.45) is 0 Å². The van der Waals surface area contributed by atoms with Gasteiger partial charge in [-0.2, -0.15) is 0 Å². The first kappa shape index (κ1) is 18.6. The van der Waals surface area contributed by atoms with Crippen molar-refractivity contribution >= 4 is 11.6 Å². The van der Waals surface area contributed by atoms with Crippen LogP contribution in [0.25, 0.3) is 0 Å². The first-order valence-corrected chi connectivity index (χ1v) is 8.40. The molecule has 0 aliphatic rings. The van der Waals surface area contributed by atoms with Gasteiger partial charge in [0, 0.05) is 19.5 Å². The Morgan fingerprint density at radius 2 is 1.88 bits per heavy atom. The number of hydrogen-bond donors (Lipinski definition) is 2. The van der Waals surface area contributed by atoms with Crippen LogP contribution in [-0.2, 0) is 11.2 Å². The number of rotatable bonds is 9. The van der Waals surface area contributed by atoms with E-state index in [-0.39, 0.29) is 5.91 Å². The maximum atomic E-state index is 12.0. The summed E-state index contributed by atoms with van der Waals surface area (Å²) < 4.78 is 10.5. The van der Waals surface area contributed by atoms with Crippen LogP contribution in [0.4, 0.5) is 5.69 Å². The van der Waals surface area contributed by atoms with Gasteiger partial charge in [0.2, 0.25) is 5.91 Å². The highest BCUT2D eigenvalue weighted by Crippen LogP contribution is 2.24. The smallest absolute Gasteiger partial charge is 0.221 e. The molecule has 134 valence electrons. The van der Waals surface area contributed by atoms with Gasteiger partial charge in [-0.05, 0) is 48.7 Å². The van der Waals surface area contributed by atoms with Crippen molar-refractivity contribution < 1.29 is 14.3 Å². The molecule has 0 unspecified atom stereocenters. The zero-order valence-corrected chi connectivity index (χ0v) is 15.1. The predicted molar refractivity (Wildman–Crippen MR) is 101 cm³/mol. The number of benzene rings is 2. The summed E-state index contributed by atoms with van der Waals surface area (Å²) in [5.74, 6) is 1.64. The highest BCUT2D eigenvalue weighted by atomic mass is 16.5. The molecule has 25 heavy (non-hydrogen) atoms. The molecule has 2 aromatic carbocycles. The van der Waals surface area contributed by atoms with Crippen molar-refractivity contribution in [2.75, 3.05) is 32.6 Å². The van der Waals surface area contributed by atoms with Gasteiger partial charge in [0.15, 0.2) is 0 Å². The zero-order valence-electron chi connectivity index (χ0n) is 15.1. The molecule has 2 rings (SSSR count). The Bertz CT molecular complexity index is 701. The maximum Gasteiger partial charge on any atom is 0.221 e. The number of hydrogen-bond acceptors (Lipinski definition) is 4. The molecule has 0 radical (unpaired) electrons. The highest BCUT2D eigenvalue weighted by Gasteiger charge is 2.05.